The van der Waals surface area contributed by atoms with E-state index in [1.807, 2.05) is 18.2 Å². The molecule has 0 saturated heterocycles. The minimum absolute atomic E-state index is 0.0719. The predicted molar refractivity (Wildman–Crippen MR) is 90.2 cm³/mol. The first-order valence-corrected chi connectivity index (χ1v) is 8.32. The number of amides is 2. The van der Waals surface area contributed by atoms with Crippen LogP contribution in [0.3, 0.4) is 0 Å². The van der Waals surface area contributed by atoms with E-state index >= 15 is 0 Å². The SMILES string of the molecule is CCCCCCCC(=O)Nc1ccc2c(c1)CCN2C(C)=O. The molecular formula is C18H26N2O2. The normalized spacial score (nSPS) is 13.1. The number of nitrogens with zero attached hydrogens (tertiary/aromatic N) is 1. The fraction of sp³-hybridized carbons (Fsp3) is 0.556. The van der Waals surface area contributed by atoms with E-state index in [0.717, 1.165) is 42.7 Å². The van der Waals surface area contributed by atoms with Crippen molar-refractivity contribution in [3.8, 4) is 0 Å². The van der Waals surface area contributed by atoms with Crippen molar-refractivity contribution in [2.45, 2.75) is 58.8 Å². The first-order chi connectivity index (χ1) is 10.6. The van der Waals surface area contributed by atoms with E-state index in [9.17, 15) is 9.59 Å². The maximum atomic E-state index is 11.9. The Balaban J connectivity index is 1.84. The summed E-state index contributed by atoms with van der Waals surface area (Å²) in [5.74, 6) is 0.153. The molecule has 2 rings (SSSR count). The van der Waals surface area contributed by atoms with Gasteiger partial charge in [0.25, 0.3) is 0 Å². The van der Waals surface area contributed by atoms with Gasteiger partial charge in [-0.3, -0.25) is 9.59 Å². The van der Waals surface area contributed by atoms with Crippen LogP contribution in [-0.2, 0) is 16.0 Å². The van der Waals surface area contributed by atoms with Crippen LogP contribution in [0.2, 0.25) is 0 Å². The van der Waals surface area contributed by atoms with Crippen molar-refractivity contribution in [3.05, 3.63) is 23.8 Å². The van der Waals surface area contributed by atoms with Crippen molar-refractivity contribution in [1.29, 1.82) is 0 Å². The maximum absolute atomic E-state index is 11.9. The zero-order valence-corrected chi connectivity index (χ0v) is 13.7. The second-order valence-corrected chi connectivity index (χ2v) is 5.98. The van der Waals surface area contributed by atoms with Crippen LogP contribution in [0.25, 0.3) is 0 Å². The molecule has 1 N–H and O–H groups in total. The molecule has 120 valence electrons. The topological polar surface area (TPSA) is 49.4 Å². The number of carbonyl (C=O) groups excluding carboxylic acids is 2. The first-order valence-electron chi connectivity index (χ1n) is 8.32. The van der Waals surface area contributed by atoms with Gasteiger partial charge < -0.3 is 10.2 Å². The Morgan fingerprint density at radius 2 is 1.95 bits per heavy atom. The Kier molecular flexibility index (Phi) is 5.99. The number of hydrogen-bond acceptors (Lipinski definition) is 2. The number of rotatable bonds is 7. The molecule has 0 bridgehead atoms. The van der Waals surface area contributed by atoms with E-state index in [1.54, 1.807) is 11.8 Å². The second kappa shape index (κ2) is 7.97. The Bertz CT molecular complexity index is 540. The number of nitrogens with one attached hydrogen (secondary N) is 1. The van der Waals surface area contributed by atoms with Gasteiger partial charge in [0.15, 0.2) is 0 Å². The fourth-order valence-corrected chi connectivity index (χ4v) is 2.92. The van der Waals surface area contributed by atoms with Crippen LogP contribution >= 0.6 is 0 Å². The zero-order valence-electron chi connectivity index (χ0n) is 13.7. The summed E-state index contributed by atoms with van der Waals surface area (Å²) in [7, 11) is 0. The summed E-state index contributed by atoms with van der Waals surface area (Å²) in [5, 5.41) is 2.96. The van der Waals surface area contributed by atoms with Crippen LogP contribution in [0.4, 0.5) is 11.4 Å². The standard InChI is InChI=1S/C18H26N2O2/c1-3-4-5-6-7-8-18(22)19-16-9-10-17-15(13-16)11-12-20(17)14(2)21/h9-10,13H,3-8,11-12H2,1-2H3,(H,19,22). The molecule has 4 heteroatoms. The molecule has 1 aromatic carbocycles. The number of unbranched alkanes of at least 4 members (excludes halogenated alkanes) is 4. The van der Waals surface area contributed by atoms with E-state index in [1.165, 1.54) is 19.3 Å². The van der Waals surface area contributed by atoms with Gasteiger partial charge in [0.1, 0.15) is 0 Å². The van der Waals surface area contributed by atoms with Crippen molar-refractivity contribution in [2.75, 3.05) is 16.8 Å². The molecule has 1 aliphatic rings. The lowest BCUT2D eigenvalue weighted by Crippen LogP contribution is -2.25. The first kappa shape index (κ1) is 16.5. The quantitative estimate of drug-likeness (QED) is 0.777. The molecule has 2 amide bonds. The molecule has 0 spiro atoms. The summed E-state index contributed by atoms with van der Waals surface area (Å²) < 4.78 is 0. The summed E-state index contributed by atoms with van der Waals surface area (Å²) in [6, 6.07) is 5.81. The van der Waals surface area contributed by atoms with Crippen LogP contribution < -0.4 is 10.2 Å². The summed E-state index contributed by atoms with van der Waals surface area (Å²) >= 11 is 0. The maximum Gasteiger partial charge on any atom is 0.224 e. The number of hydrogen-bond donors (Lipinski definition) is 1. The summed E-state index contributed by atoms with van der Waals surface area (Å²) in [4.78, 5) is 25.2. The molecule has 0 aromatic heterocycles. The highest BCUT2D eigenvalue weighted by Crippen LogP contribution is 2.30. The predicted octanol–water partition coefficient (Wildman–Crippen LogP) is 3.89. The van der Waals surface area contributed by atoms with Crippen LogP contribution in [0.1, 0.15) is 57.9 Å². The van der Waals surface area contributed by atoms with Gasteiger partial charge in [-0.25, -0.2) is 0 Å². The lowest BCUT2D eigenvalue weighted by Gasteiger charge is -2.15. The molecule has 1 aromatic rings. The molecule has 1 aliphatic heterocycles. The third-order valence-corrected chi connectivity index (χ3v) is 4.15. The van der Waals surface area contributed by atoms with Crippen molar-refractivity contribution in [2.24, 2.45) is 0 Å². The fourth-order valence-electron chi connectivity index (χ4n) is 2.92. The highest BCUT2D eigenvalue weighted by atomic mass is 16.2. The summed E-state index contributed by atoms with van der Waals surface area (Å²) in [5.41, 5.74) is 2.95. The molecule has 0 saturated carbocycles. The van der Waals surface area contributed by atoms with Crippen LogP contribution in [0.15, 0.2) is 18.2 Å². The van der Waals surface area contributed by atoms with E-state index in [-0.39, 0.29) is 11.8 Å². The Hall–Kier alpha value is -1.84. The summed E-state index contributed by atoms with van der Waals surface area (Å²) in [6.07, 6.45) is 7.20. The zero-order chi connectivity index (χ0) is 15.9. The van der Waals surface area contributed by atoms with Crippen LogP contribution in [-0.4, -0.2) is 18.4 Å². The van der Waals surface area contributed by atoms with E-state index in [4.69, 9.17) is 0 Å². The van der Waals surface area contributed by atoms with E-state index in [0.29, 0.717) is 6.42 Å². The van der Waals surface area contributed by atoms with Gasteiger partial charge in [-0.2, -0.15) is 0 Å². The Labute approximate surface area is 132 Å². The molecule has 0 fully saturated rings. The second-order valence-electron chi connectivity index (χ2n) is 5.98. The minimum Gasteiger partial charge on any atom is -0.326 e. The average molecular weight is 302 g/mol. The number of anilines is 2. The molecule has 0 unspecified atom stereocenters. The largest absolute Gasteiger partial charge is 0.326 e. The Morgan fingerprint density at radius 3 is 2.68 bits per heavy atom. The Morgan fingerprint density at radius 1 is 1.18 bits per heavy atom. The molecule has 0 atom stereocenters. The van der Waals surface area contributed by atoms with Gasteiger partial charge in [0.2, 0.25) is 11.8 Å². The molecule has 1 heterocycles. The van der Waals surface area contributed by atoms with E-state index in [2.05, 4.69) is 12.2 Å². The number of benzene rings is 1. The third-order valence-electron chi connectivity index (χ3n) is 4.15. The highest BCUT2D eigenvalue weighted by Gasteiger charge is 2.22. The van der Waals surface area contributed by atoms with Crippen molar-refractivity contribution in [1.82, 2.24) is 0 Å². The van der Waals surface area contributed by atoms with Gasteiger partial charge in [0, 0.05) is 31.3 Å². The van der Waals surface area contributed by atoms with Crippen molar-refractivity contribution in [3.63, 3.8) is 0 Å². The molecule has 0 aliphatic carbocycles. The van der Waals surface area contributed by atoms with Crippen LogP contribution in [0.5, 0.6) is 0 Å². The van der Waals surface area contributed by atoms with E-state index < -0.39 is 0 Å². The van der Waals surface area contributed by atoms with Gasteiger partial charge >= 0.3 is 0 Å². The third kappa shape index (κ3) is 4.33. The molecule has 0 radical (unpaired) electrons. The number of carbonyl (C=O) groups is 2. The van der Waals surface area contributed by atoms with Gasteiger partial charge in [0.05, 0.1) is 0 Å². The van der Waals surface area contributed by atoms with Gasteiger partial charge in [-0.15, -0.1) is 0 Å². The van der Waals surface area contributed by atoms with Crippen LogP contribution in [0, 0.1) is 0 Å². The lowest BCUT2D eigenvalue weighted by atomic mass is 10.1. The van der Waals surface area contributed by atoms with Gasteiger partial charge in [-0.1, -0.05) is 32.6 Å². The smallest absolute Gasteiger partial charge is 0.224 e. The summed E-state index contributed by atoms with van der Waals surface area (Å²) in [6.45, 7) is 4.51. The minimum atomic E-state index is 0.0719. The molecule has 4 nitrogen and oxygen atoms in total. The monoisotopic (exact) mass is 302 g/mol. The lowest BCUT2D eigenvalue weighted by molar-refractivity contribution is -0.117. The van der Waals surface area contributed by atoms with Gasteiger partial charge in [-0.05, 0) is 36.6 Å². The van der Waals surface area contributed by atoms with Crippen molar-refractivity contribution >= 4 is 23.2 Å². The molecular weight excluding hydrogens is 276 g/mol. The average Bonchev–Trinajstić information content (AvgIpc) is 2.90. The number of fused-ring (bicyclic) bond motifs is 1. The van der Waals surface area contributed by atoms with Crippen molar-refractivity contribution < 1.29 is 9.59 Å². The highest BCUT2D eigenvalue weighted by molar-refractivity contribution is 5.95. The molecule has 22 heavy (non-hydrogen) atoms.